The first kappa shape index (κ1) is 13.5. The van der Waals surface area contributed by atoms with Crippen LogP contribution in [0.15, 0.2) is 0 Å². The fourth-order valence-electron chi connectivity index (χ4n) is 0.663. The zero-order valence-electron chi connectivity index (χ0n) is 8.87. The Hall–Kier alpha value is -1.54. The fraction of sp³-hybridized carbons (Fsp3) is 0.600. The zero-order valence-corrected chi connectivity index (χ0v) is 8.87. The van der Waals surface area contributed by atoms with Crippen LogP contribution in [0.25, 0.3) is 0 Å². The number of rotatable bonds is 5. The van der Waals surface area contributed by atoms with Crippen molar-refractivity contribution < 1.29 is 23.8 Å². The minimum Gasteiger partial charge on any atom is -0.464 e. The van der Waals surface area contributed by atoms with E-state index >= 15 is 0 Å². The lowest BCUT2D eigenvalue weighted by molar-refractivity contribution is -0.147. The summed E-state index contributed by atoms with van der Waals surface area (Å²) in [7, 11) is 0. The Balaban J connectivity index is 3.52. The molecular weight excluding hydrogens is 200 g/mol. The van der Waals surface area contributed by atoms with Crippen molar-refractivity contribution in [2.24, 2.45) is 0 Å². The van der Waals surface area contributed by atoms with Gasteiger partial charge in [0.25, 0.3) is 0 Å². The van der Waals surface area contributed by atoms with Crippen molar-refractivity contribution in [2.45, 2.75) is 13.8 Å². The molecule has 0 atom stereocenters. The second-order valence-corrected chi connectivity index (χ2v) is 2.32. The molecule has 0 aromatic carbocycles. The van der Waals surface area contributed by atoms with Crippen LogP contribution in [0.1, 0.15) is 13.8 Å². The van der Waals surface area contributed by atoms with Gasteiger partial charge in [-0.25, -0.2) is 9.59 Å². The van der Waals surface area contributed by atoms with Crippen LogP contribution < -0.4 is 0 Å². The van der Waals surface area contributed by atoms with E-state index in [9.17, 15) is 9.59 Å². The monoisotopic (exact) mass is 214 g/mol. The Morgan fingerprint density at radius 3 is 2.40 bits per heavy atom. The number of hydrogen-bond donors (Lipinski definition) is 0. The van der Waals surface area contributed by atoms with Gasteiger partial charge in [-0.3, -0.25) is 0 Å². The molecule has 0 radical (unpaired) electrons. The average Bonchev–Trinajstić information content (AvgIpc) is 2.18. The maximum Gasteiger partial charge on any atom is 0.384 e. The summed E-state index contributed by atoms with van der Waals surface area (Å²) in [6.07, 6.45) is 0. The van der Waals surface area contributed by atoms with Gasteiger partial charge in [0.15, 0.2) is 0 Å². The van der Waals surface area contributed by atoms with Crippen LogP contribution in [0.4, 0.5) is 0 Å². The van der Waals surface area contributed by atoms with Gasteiger partial charge in [-0.05, 0) is 13.8 Å². The summed E-state index contributed by atoms with van der Waals surface area (Å²) in [6, 6.07) is 0. The first-order chi connectivity index (χ1) is 7.20. The van der Waals surface area contributed by atoms with Crippen molar-refractivity contribution in [3.05, 3.63) is 0 Å². The smallest absolute Gasteiger partial charge is 0.384 e. The lowest BCUT2D eigenvalue weighted by atomic mass is 10.6. The fourth-order valence-corrected chi connectivity index (χ4v) is 0.663. The predicted molar refractivity (Wildman–Crippen MR) is 51.9 cm³/mol. The van der Waals surface area contributed by atoms with Crippen LogP contribution in [-0.2, 0) is 23.8 Å². The summed E-state index contributed by atoms with van der Waals surface area (Å²) in [5.41, 5.74) is 0. The highest BCUT2D eigenvalue weighted by Gasteiger charge is 1.99. The standard InChI is InChI=1S/C10H14O5/c1-3-14-9(11)6-5-7-13-8-10(12)15-4-2/h3-4,7-8H2,1-2H3. The van der Waals surface area contributed by atoms with Gasteiger partial charge >= 0.3 is 11.9 Å². The van der Waals surface area contributed by atoms with Crippen molar-refractivity contribution >= 4 is 11.9 Å². The van der Waals surface area contributed by atoms with Gasteiger partial charge in [0.1, 0.15) is 13.2 Å². The lowest BCUT2D eigenvalue weighted by Crippen LogP contribution is -2.12. The van der Waals surface area contributed by atoms with Crippen LogP contribution in [0.3, 0.4) is 0 Å². The third kappa shape index (κ3) is 8.78. The van der Waals surface area contributed by atoms with Crippen LogP contribution in [0, 0.1) is 11.8 Å². The molecule has 0 aliphatic carbocycles. The molecule has 0 saturated heterocycles. The molecule has 0 unspecified atom stereocenters. The van der Waals surface area contributed by atoms with E-state index in [1.54, 1.807) is 13.8 Å². The van der Waals surface area contributed by atoms with E-state index in [1.807, 2.05) is 0 Å². The maximum atomic E-state index is 10.8. The molecule has 0 saturated carbocycles. The van der Waals surface area contributed by atoms with Crippen molar-refractivity contribution in [2.75, 3.05) is 26.4 Å². The first-order valence-electron chi connectivity index (χ1n) is 4.59. The van der Waals surface area contributed by atoms with Gasteiger partial charge in [-0.15, -0.1) is 0 Å². The quantitative estimate of drug-likeness (QED) is 0.282. The van der Waals surface area contributed by atoms with E-state index in [4.69, 9.17) is 4.74 Å². The number of carbonyl (C=O) groups excluding carboxylic acids is 2. The van der Waals surface area contributed by atoms with Crippen molar-refractivity contribution in [3.8, 4) is 11.8 Å². The average molecular weight is 214 g/mol. The Kier molecular flexibility index (Phi) is 8.10. The third-order valence-electron chi connectivity index (χ3n) is 1.17. The molecule has 0 aliphatic rings. The summed E-state index contributed by atoms with van der Waals surface area (Å²) >= 11 is 0. The Morgan fingerprint density at radius 1 is 1.13 bits per heavy atom. The molecule has 15 heavy (non-hydrogen) atoms. The molecule has 5 heteroatoms. The predicted octanol–water partition coefficient (Wildman–Crippen LogP) is 0.133. The van der Waals surface area contributed by atoms with Crippen LogP contribution >= 0.6 is 0 Å². The van der Waals surface area contributed by atoms with Gasteiger partial charge in [-0.2, -0.15) is 0 Å². The summed E-state index contributed by atoms with van der Waals surface area (Å²) in [5, 5.41) is 0. The van der Waals surface area contributed by atoms with E-state index in [1.165, 1.54) is 0 Å². The Bertz CT molecular complexity index is 261. The first-order valence-corrected chi connectivity index (χ1v) is 4.59. The molecular formula is C10H14O5. The van der Waals surface area contributed by atoms with Gasteiger partial charge in [0.05, 0.1) is 13.2 Å². The Morgan fingerprint density at radius 2 is 1.80 bits per heavy atom. The topological polar surface area (TPSA) is 61.8 Å². The van der Waals surface area contributed by atoms with Gasteiger partial charge in [0.2, 0.25) is 0 Å². The van der Waals surface area contributed by atoms with E-state index in [2.05, 4.69) is 21.3 Å². The van der Waals surface area contributed by atoms with E-state index in [-0.39, 0.29) is 19.8 Å². The molecule has 0 N–H and O–H groups in total. The molecule has 5 nitrogen and oxygen atoms in total. The second kappa shape index (κ2) is 9.03. The summed E-state index contributed by atoms with van der Waals surface area (Å²) < 4.78 is 14.0. The van der Waals surface area contributed by atoms with E-state index in [0.717, 1.165) is 0 Å². The molecule has 84 valence electrons. The molecule has 0 aromatic rings. The molecule has 0 rings (SSSR count). The zero-order chi connectivity index (χ0) is 11.5. The molecule has 0 spiro atoms. The number of ether oxygens (including phenoxy) is 3. The molecule has 0 bridgehead atoms. The Labute approximate surface area is 88.7 Å². The lowest BCUT2D eigenvalue weighted by Gasteiger charge is -1.99. The molecule has 0 amide bonds. The molecule has 0 aliphatic heterocycles. The van der Waals surface area contributed by atoms with E-state index in [0.29, 0.717) is 6.61 Å². The number of carbonyl (C=O) groups is 2. The minimum absolute atomic E-state index is 0.00235. The van der Waals surface area contributed by atoms with Crippen LogP contribution in [-0.4, -0.2) is 38.4 Å². The third-order valence-corrected chi connectivity index (χ3v) is 1.17. The van der Waals surface area contributed by atoms with Crippen molar-refractivity contribution in [1.29, 1.82) is 0 Å². The number of hydrogen-bond acceptors (Lipinski definition) is 5. The van der Waals surface area contributed by atoms with Crippen molar-refractivity contribution in [1.82, 2.24) is 0 Å². The molecule has 0 heterocycles. The maximum absolute atomic E-state index is 10.8. The summed E-state index contributed by atoms with van der Waals surface area (Å²) in [6.45, 7) is 3.84. The van der Waals surface area contributed by atoms with Crippen molar-refractivity contribution in [3.63, 3.8) is 0 Å². The van der Waals surface area contributed by atoms with Crippen LogP contribution in [0.5, 0.6) is 0 Å². The molecule has 0 fully saturated rings. The summed E-state index contributed by atoms with van der Waals surface area (Å²) in [5.74, 6) is 3.57. The second-order valence-electron chi connectivity index (χ2n) is 2.32. The van der Waals surface area contributed by atoms with Gasteiger partial charge in [0, 0.05) is 5.92 Å². The minimum atomic E-state index is -0.600. The number of esters is 2. The highest BCUT2D eigenvalue weighted by Crippen LogP contribution is 1.80. The van der Waals surface area contributed by atoms with E-state index < -0.39 is 11.9 Å². The normalized spacial score (nSPS) is 8.67. The largest absolute Gasteiger partial charge is 0.464 e. The summed E-state index contributed by atoms with van der Waals surface area (Å²) in [4.78, 5) is 21.5. The molecule has 0 aromatic heterocycles. The highest BCUT2D eigenvalue weighted by atomic mass is 16.6. The SMILES string of the molecule is CCOC(=O)C#CCOCC(=O)OCC. The van der Waals surface area contributed by atoms with Crippen LogP contribution in [0.2, 0.25) is 0 Å². The van der Waals surface area contributed by atoms with Gasteiger partial charge in [-0.1, -0.05) is 5.92 Å². The highest BCUT2D eigenvalue weighted by molar-refractivity contribution is 5.88. The van der Waals surface area contributed by atoms with Gasteiger partial charge < -0.3 is 14.2 Å².